The molecule has 0 aliphatic carbocycles. The number of allylic oxidation sites excluding steroid dienone is 2. The lowest BCUT2D eigenvalue weighted by molar-refractivity contribution is 0.434. The Morgan fingerprint density at radius 2 is 1.92 bits per heavy atom. The van der Waals surface area contributed by atoms with Gasteiger partial charge in [-0.1, -0.05) is 6.92 Å². The van der Waals surface area contributed by atoms with Gasteiger partial charge in [0, 0.05) is 31.0 Å². The monoisotopic (exact) mass is 328 g/mol. The molecule has 0 unspecified atom stereocenters. The molecule has 0 radical (unpaired) electrons. The minimum atomic E-state index is 0.619. The summed E-state index contributed by atoms with van der Waals surface area (Å²) in [5.74, 6) is 2.27. The number of nitrogens with zero attached hydrogens (tertiary/aromatic N) is 3. The van der Waals surface area contributed by atoms with Crippen LogP contribution in [-0.4, -0.2) is 29.6 Å². The molecule has 6 heteroatoms. The van der Waals surface area contributed by atoms with Crippen molar-refractivity contribution in [2.24, 2.45) is 5.92 Å². The van der Waals surface area contributed by atoms with E-state index in [1.54, 1.807) is 0 Å². The van der Waals surface area contributed by atoms with Crippen molar-refractivity contribution in [2.75, 3.05) is 35.6 Å². The Bertz CT molecular complexity index is 683. The van der Waals surface area contributed by atoms with Crippen molar-refractivity contribution in [1.82, 2.24) is 15.3 Å². The number of aromatic nitrogens is 2. The van der Waals surface area contributed by atoms with E-state index in [-0.39, 0.29) is 0 Å². The van der Waals surface area contributed by atoms with E-state index in [0.29, 0.717) is 11.5 Å². The molecule has 1 aromatic heterocycles. The molecule has 3 rings (SSSR count). The highest BCUT2D eigenvalue weighted by Crippen LogP contribution is 2.27. The number of piperidine rings is 1. The molecule has 0 bridgehead atoms. The van der Waals surface area contributed by atoms with Crippen LogP contribution >= 0.6 is 0 Å². The van der Waals surface area contributed by atoms with Crippen LogP contribution in [0.4, 0.5) is 17.5 Å². The zero-order chi connectivity index (χ0) is 17.3. The van der Waals surface area contributed by atoms with Gasteiger partial charge in [-0.2, -0.15) is 4.98 Å². The summed E-state index contributed by atoms with van der Waals surface area (Å²) in [6.07, 6.45) is 4.47. The number of anilines is 3. The third-order valence-corrected chi connectivity index (χ3v) is 4.90. The summed E-state index contributed by atoms with van der Waals surface area (Å²) in [5, 5.41) is 6.75. The average Bonchev–Trinajstić information content (AvgIpc) is 2.55. The van der Waals surface area contributed by atoms with Crippen molar-refractivity contribution in [1.29, 1.82) is 0 Å². The summed E-state index contributed by atoms with van der Waals surface area (Å²) in [6.45, 7) is 11.3. The van der Waals surface area contributed by atoms with Crippen LogP contribution in [0.2, 0.25) is 0 Å². The SMILES string of the molecule is CC1=CC(Nc2nc(N3CCC(C)CC3)nc(C)c2N)=C(C)CN1. The Hall–Kier alpha value is -2.24. The van der Waals surface area contributed by atoms with E-state index in [9.17, 15) is 0 Å². The summed E-state index contributed by atoms with van der Waals surface area (Å²) in [7, 11) is 0. The maximum atomic E-state index is 6.24. The zero-order valence-electron chi connectivity index (χ0n) is 15.1. The Labute approximate surface area is 144 Å². The van der Waals surface area contributed by atoms with E-state index in [1.807, 2.05) is 6.92 Å². The van der Waals surface area contributed by atoms with Gasteiger partial charge in [0.25, 0.3) is 0 Å². The molecule has 1 fully saturated rings. The highest BCUT2D eigenvalue weighted by atomic mass is 15.3. The molecule has 2 aliphatic heterocycles. The predicted molar refractivity (Wildman–Crippen MR) is 99.9 cm³/mol. The summed E-state index contributed by atoms with van der Waals surface area (Å²) >= 11 is 0. The van der Waals surface area contributed by atoms with Gasteiger partial charge < -0.3 is 21.3 Å². The van der Waals surface area contributed by atoms with Gasteiger partial charge in [-0.3, -0.25) is 0 Å². The molecule has 24 heavy (non-hydrogen) atoms. The fourth-order valence-corrected chi connectivity index (χ4v) is 3.04. The van der Waals surface area contributed by atoms with Gasteiger partial charge in [0.2, 0.25) is 5.95 Å². The van der Waals surface area contributed by atoms with Gasteiger partial charge >= 0.3 is 0 Å². The molecular formula is C18H28N6. The fourth-order valence-electron chi connectivity index (χ4n) is 3.04. The molecule has 0 atom stereocenters. The number of hydrogen-bond donors (Lipinski definition) is 3. The summed E-state index contributed by atoms with van der Waals surface area (Å²) in [6, 6.07) is 0. The van der Waals surface area contributed by atoms with Crippen molar-refractivity contribution in [2.45, 2.75) is 40.5 Å². The van der Waals surface area contributed by atoms with E-state index in [4.69, 9.17) is 10.7 Å². The molecular weight excluding hydrogens is 300 g/mol. The second-order valence-electron chi connectivity index (χ2n) is 7.04. The van der Waals surface area contributed by atoms with Gasteiger partial charge in [-0.25, -0.2) is 4.98 Å². The molecule has 6 nitrogen and oxygen atoms in total. The Kier molecular flexibility index (Phi) is 4.64. The van der Waals surface area contributed by atoms with Crippen molar-refractivity contribution in [3.05, 3.63) is 28.7 Å². The summed E-state index contributed by atoms with van der Waals surface area (Å²) in [4.78, 5) is 11.6. The number of nitrogens with one attached hydrogen (secondary N) is 2. The highest BCUT2D eigenvalue weighted by molar-refractivity contribution is 5.69. The number of rotatable bonds is 3. The third-order valence-electron chi connectivity index (χ3n) is 4.90. The first-order chi connectivity index (χ1) is 11.4. The zero-order valence-corrected chi connectivity index (χ0v) is 15.1. The topological polar surface area (TPSA) is 79.1 Å². The number of nitrogen functional groups attached to an aromatic ring is 1. The normalized spacial score (nSPS) is 19.2. The Balaban J connectivity index is 1.88. The number of hydrogen-bond acceptors (Lipinski definition) is 6. The molecule has 2 aliphatic rings. The highest BCUT2D eigenvalue weighted by Gasteiger charge is 2.20. The van der Waals surface area contributed by atoms with E-state index in [1.165, 1.54) is 18.4 Å². The molecule has 130 valence electrons. The third kappa shape index (κ3) is 3.47. The number of nitrogens with two attached hydrogens (primary N) is 1. The second kappa shape index (κ2) is 6.71. The first-order valence-electron chi connectivity index (χ1n) is 8.72. The predicted octanol–water partition coefficient (Wildman–Crippen LogP) is 2.80. The van der Waals surface area contributed by atoms with Crippen LogP contribution in [0.15, 0.2) is 23.0 Å². The maximum absolute atomic E-state index is 6.24. The van der Waals surface area contributed by atoms with E-state index < -0.39 is 0 Å². The lowest BCUT2D eigenvalue weighted by Gasteiger charge is -2.31. The van der Waals surface area contributed by atoms with Crippen LogP contribution in [0.5, 0.6) is 0 Å². The Morgan fingerprint density at radius 3 is 2.62 bits per heavy atom. The van der Waals surface area contributed by atoms with Crippen molar-refractivity contribution < 1.29 is 0 Å². The number of dihydropyridines is 1. The summed E-state index contributed by atoms with van der Waals surface area (Å²) < 4.78 is 0. The molecule has 0 saturated carbocycles. The van der Waals surface area contributed by atoms with Crippen LogP contribution in [-0.2, 0) is 0 Å². The van der Waals surface area contributed by atoms with E-state index >= 15 is 0 Å². The van der Waals surface area contributed by atoms with Crippen LogP contribution in [0, 0.1) is 12.8 Å². The molecule has 0 amide bonds. The molecule has 4 N–H and O–H groups in total. The minimum absolute atomic E-state index is 0.619. The van der Waals surface area contributed by atoms with Crippen LogP contribution in [0.25, 0.3) is 0 Å². The van der Waals surface area contributed by atoms with Crippen molar-refractivity contribution >= 4 is 17.5 Å². The molecule has 3 heterocycles. The smallest absolute Gasteiger partial charge is 0.227 e. The van der Waals surface area contributed by atoms with Gasteiger partial charge in [0.15, 0.2) is 5.82 Å². The van der Waals surface area contributed by atoms with Gasteiger partial charge in [0.1, 0.15) is 0 Å². The Morgan fingerprint density at radius 1 is 1.21 bits per heavy atom. The minimum Gasteiger partial charge on any atom is -0.394 e. The van der Waals surface area contributed by atoms with Gasteiger partial charge in [-0.05, 0) is 51.2 Å². The van der Waals surface area contributed by atoms with Gasteiger partial charge in [0.05, 0.1) is 11.4 Å². The fraction of sp³-hybridized carbons (Fsp3) is 0.556. The molecule has 0 aromatic carbocycles. The molecule has 1 aromatic rings. The quantitative estimate of drug-likeness (QED) is 0.792. The largest absolute Gasteiger partial charge is 0.394 e. The lowest BCUT2D eigenvalue weighted by Crippen LogP contribution is -2.34. The molecule has 0 spiro atoms. The standard InChI is InChI=1S/C18H28N6/c1-11-5-7-24(8-6-11)18-21-14(4)16(19)17(23-18)22-15-9-13(3)20-10-12(15)2/h9,11,20H,5-8,10,19H2,1-4H3,(H,21,22,23). The van der Waals surface area contributed by atoms with Crippen LogP contribution in [0.1, 0.15) is 39.3 Å². The molecule has 1 saturated heterocycles. The van der Waals surface area contributed by atoms with Crippen LogP contribution in [0.3, 0.4) is 0 Å². The van der Waals surface area contributed by atoms with Crippen molar-refractivity contribution in [3.63, 3.8) is 0 Å². The number of aryl methyl sites for hydroxylation is 1. The first-order valence-corrected chi connectivity index (χ1v) is 8.72. The first kappa shape index (κ1) is 16.6. The van der Waals surface area contributed by atoms with Crippen LogP contribution < -0.4 is 21.3 Å². The van der Waals surface area contributed by atoms with E-state index in [2.05, 4.69) is 47.4 Å². The van der Waals surface area contributed by atoms with E-state index in [0.717, 1.165) is 48.6 Å². The van der Waals surface area contributed by atoms with Gasteiger partial charge in [-0.15, -0.1) is 0 Å². The summed E-state index contributed by atoms with van der Waals surface area (Å²) in [5.41, 5.74) is 11.1. The second-order valence-corrected chi connectivity index (χ2v) is 7.04. The maximum Gasteiger partial charge on any atom is 0.227 e. The lowest BCUT2D eigenvalue weighted by atomic mass is 10.00. The average molecular weight is 328 g/mol. The van der Waals surface area contributed by atoms with Crippen molar-refractivity contribution in [3.8, 4) is 0 Å².